The lowest BCUT2D eigenvalue weighted by Gasteiger charge is -2.17. The standard InChI is InChI=1S/C18H31N/c1-5-6-7-8-9-10-18(19-4)14-17-12-11-15(2)16(3)13-17/h11-13,18-19H,5-10,14H2,1-4H3. The Hall–Kier alpha value is -0.820. The fourth-order valence-corrected chi connectivity index (χ4v) is 2.56. The first-order chi connectivity index (χ1) is 9.17. The number of aryl methyl sites for hydroxylation is 2. The van der Waals surface area contributed by atoms with Crippen molar-refractivity contribution in [1.29, 1.82) is 0 Å². The van der Waals surface area contributed by atoms with Crippen LogP contribution in [0.3, 0.4) is 0 Å². The van der Waals surface area contributed by atoms with Gasteiger partial charge in [-0.05, 0) is 50.4 Å². The van der Waals surface area contributed by atoms with Crippen molar-refractivity contribution in [2.24, 2.45) is 0 Å². The smallest absolute Gasteiger partial charge is 0.0104 e. The first-order valence-corrected chi connectivity index (χ1v) is 7.90. The van der Waals surface area contributed by atoms with Crippen molar-refractivity contribution in [2.45, 2.75) is 71.8 Å². The van der Waals surface area contributed by atoms with E-state index in [2.05, 4.69) is 51.3 Å². The van der Waals surface area contributed by atoms with Crippen molar-refractivity contribution in [1.82, 2.24) is 5.32 Å². The average molecular weight is 261 g/mol. The van der Waals surface area contributed by atoms with E-state index in [9.17, 15) is 0 Å². The number of benzene rings is 1. The number of likely N-dealkylation sites (N-methyl/N-ethyl adjacent to an activating group) is 1. The summed E-state index contributed by atoms with van der Waals surface area (Å²) < 4.78 is 0. The molecule has 1 heteroatoms. The van der Waals surface area contributed by atoms with E-state index in [0.717, 1.165) is 6.42 Å². The lowest BCUT2D eigenvalue weighted by atomic mass is 9.97. The highest BCUT2D eigenvalue weighted by molar-refractivity contribution is 5.30. The molecule has 0 saturated heterocycles. The lowest BCUT2D eigenvalue weighted by molar-refractivity contribution is 0.482. The van der Waals surface area contributed by atoms with Gasteiger partial charge >= 0.3 is 0 Å². The Morgan fingerprint density at radius 2 is 1.74 bits per heavy atom. The molecular formula is C18H31N. The highest BCUT2D eigenvalue weighted by atomic mass is 14.9. The van der Waals surface area contributed by atoms with Gasteiger partial charge in [-0.3, -0.25) is 0 Å². The fourth-order valence-electron chi connectivity index (χ4n) is 2.56. The molecule has 1 N–H and O–H groups in total. The number of unbranched alkanes of at least 4 members (excludes halogenated alkanes) is 4. The van der Waals surface area contributed by atoms with E-state index in [-0.39, 0.29) is 0 Å². The van der Waals surface area contributed by atoms with Gasteiger partial charge < -0.3 is 5.32 Å². The zero-order chi connectivity index (χ0) is 14.1. The fraction of sp³-hybridized carbons (Fsp3) is 0.667. The number of hydrogen-bond donors (Lipinski definition) is 1. The van der Waals surface area contributed by atoms with Gasteiger partial charge in [0.1, 0.15) is 0 Å². The maximum atomic E-state index is 3.48. The summed E-state index contributed by atoms with van der Waals surface area (Å²) in [6.45, 7) is 6.66. The molecule has 1 rings (SSSR count). The van der Waals surface area contributed by atoms with Gasteiger partial charge in [-0.1, -0.05) is 57.2 Å². The van der Waals surface area contributed by atoms with Crippen molar-refractivity contribution >= 4 is 0 Å². The average Bonchev–Trinajstić information content (AvgIpc) is 2.41. The van der Waals surface area contributed by atoms with Gasteiger partial charge in [-0.15, -0.1) is 0 Å². The molecular weight excluding hydrogens is 230 g/mol. The Bertz CT molecular complexity index is 357. The first-order valence-electron chi connectivity index (χ1n) is 7.90. The number of rotatable bonds is 9. The van der Waals surface area contributed by atoms with Gasteiger partial charge in [0.15, 0.2) is 0 Å². The van der Waals surface area contributed by atoms with Gasteiger partial charge in [0.25, 0.3) is 0 Å². The molecule has 0 heterocycles. The lowest BCUT2D eigenvalue weighted by Crippen LogP contribution is -2.27. The highest BCUT2D eigenvalue weighted by Crippen LogP contribution is 2.14. The van der Waals surface area contributed by atoms with Gasteiger partial charge in [0, 0.05) is 6.04 Å². The van der Waals surface area contributed by atoms with Crippen LogP contribution in [0.5, 0.6) is 0 Å². The molecule has 0 spiro atoms. The minimum atomic E-state index is 0.628. The van der Waals surface area contributed by atoms with Crippen LogP contribution in [0.2, 0.25) is 0 Å². The second kappa shape index (κ2) is 9.14. The third kappa shape index (κ3) is 6.24. The molecule has 0 aliphatic carbocycles. The molecule has 0 radical (unpaired) electrons. The quantitative estimate of drug-likeness (QED) is 0.630. The predicted octanol–water partition coefficient (Wildman–Crippen LogP) is 4.79. The third-order valence-electron chi connectivity index (χ3n) is 4.12. The maximum Gasteiger partial charge on any atom is 0.0104 e. The summed E-state index contributed by atoms with van der Waals surface area (Å²) in [5.74, 6) is 0. The van der Waals surface area contributed by atoms with Crippen LogP contribution in [0.4, 0.5) is 0 Å². The van der Waals surface area contributed by atoms with Crippen LogP contribution in [0, 0.1) is 13.8 Å². The monoisotopic (exact) mass is 261 g/mol. The molecule has 0 bridgehead atoms. The van der Waals surface area contributed by atoms with Crippen molar-refractivity contribution in [3.63, 3.8) is 0 Å². The van der Waals surface area contributed by atoms with Gasteiger partial charge in [0.05, 0.1) is 0 Å². The zero-order valence-electron chi connectivity index (χ0n) is 13.3. The Balaban J connectivity index is 2.36. The van der Waals surface area contributed by atoms with Crippen LogP contribution in [-0.4, -0.2) is 13.1 Å². The summed E-state index contributed by atoms with van der Waals surface area (Å²) >= 11 is 0. The van der Waals surface area contributed by atoms with Crippen LogP contribution in [0.15, 0.2) is 18.2 Å². The van der Waals surface area contributed by atoms with E-state index in [1.165, 1.54) is 55.2 Å². The molecule has 1 nitrogen and oxygen atoms in total. The molecule has 0 aliphatic heterocycles. The topological polar surface area (TPSA) is 12.0 Å². The van der Waals surface area contributed by atoms with E-state index in [0.29, 0.717) is 6.04 Å². The molecule has 108 valence electrons. The van der Waals surface area contributed by atoms with Crippen LogP contribution in [-0.2, 0) is 6.42 Å². The summed E-state index contributed by atoms with van der Waals surface area (Å²) in [6.07, 6.45) is 9.32. The van der Waals surface area contributed by atoms with Crippen molar-refractivity contribution < 1.29 is 0 Å². The molecule has 0 aromatic heterocycles. The molecule has 1 aromatic rings. The number of hydrogen-bond acceptors (Lipinski definition) is 1. The summed E-state index contributed by atoms with van der Waals surface area (Å²) in [7, 11) is 2.09. The van der Waals surface area contributed by atoms with Crippen LogP contribution in [0.25, 0.3) is 0 Å². The summed E-state index contributed by atoms with van der Waals surface area (Å²) in [4.78, 5) is 0. The molecule has 1 atom stereocenters. The third-order valence-corrected chi connectivity index (χ3v) is 4.12. The Labute approximate surface area is 119 Å². The predicted molar refractivity (Wildman–Crippen MR) is 85.8 cm³/mol. The summed E-state index contributed by atoms with van der Waals surface area (Å²) in [5, 5.41) is 3.48. The molecule has 1 unspecified atom stereocenters. The number of nitrogens with one attached hydrogen (secondary N) is 1. The Morgan fingerprint density at radius 1 is 1.00 bits per heavy atom. The van der Waals surface area contributed by atoms with E-state index in [4.69, 9.17) is 0 Å². The maximum absolute atomic E-state index is 3.48. The van der Waals surface area contributed by atoms with Gasteiger partial charge in [-0.25, -0.2) is 0 Å². The minimum Gasteiger partial charge on any atom is -0.317 e. The summed E-state index contributed by atoms with van der Waals surface area (Å²) in [6, 6.07) is 7.50. The van der Waals surface area contributed by atoms with Crippen LogP contribution >= 0.6 is 0 Å². The van der Waals surface area contributed by atoms with Crippen LogP contribution < -0.4 is 5.32 Å². The second-order valence-corrected chi connectivity index (χ2v) is 5.81. The summed E-state index contributed by atoms with van der Waals surface area (Å²) in [5.41, 5.74) is 4.27. The van der Waals surface area contributed by atoms with Crippen molar-refractivity contribution in [3.8, 4) is 0 Å². The zero-order valence-corrected chi connectivity index (χ0v) is 13.3. The normalized spacial score (nSPS) is 12.6. The first kappa shape index (κ1) is 16.2. The molecule has 1 aromatic carbocycles. The highest BCUT2D eigenvalue weighted by Gasteiger charge is 2.07. The molecule has 0 saturated carbocycles. The minimum absolute atomic E-state index is 0.628. The van der Waals surface area contributed by atoms with Crippen LogP contribution in [0.1, 0.15) is 62.1 Å². The van der Waals surface area contributed by atoms with Crippen molar-refractivity contribution in [3.05, 3.63) is 34.9 Å². The molecule has 0 fully saturated rings. The molecule has 0 aliphatic rings. The van der Waals surface area contributed by atoms with Gasteiger partial charge in [0.2, 0.25) is 0 Å². The van der Waals surface area contributed by atoms with E-state index >= 15 is 0 Å². The molecule has 19 heavy (non-hydrogen) atoms. The second-order valence-electron chi connectivity index (χ2n) is 5.81. The Morgan fingerprint density at radius 3 is 2.37 bits per heavy atom. The van der Waals surface area contributed by atoms with E-state index in [1.807, 2.05) is 0 Å². The van der Waals surface area contributed by atoms with E-state index in [1.54, 1.807) is 0 Å². The van der Waals surface area contributed by atoms with Crippen molar-refractivity contribution in [2.75, 3.05) is 7.05 Å². The molecule has 0 amide bonds. The largest absolute Gasteiger partial charge is 0.317 e. The Kier molecular flexibility index (Phi) is 7.81. The SMILES string of the molecule is CCCCCCCC(Cc1ccc(C)c(C)c1)NC. The van der Waals surface area contributed by atoms with E-state index < -0.39 is 0 Å². The van der Waals surface area contributed by atoms with Gasteiger partial charge in [-0.2, -0.15) is 0 Å².